The van der Waals surface area contributed by atoms with E-state index >= 15 is 0 Å². The molecule has 1 heterocycles. The van der Waals surface area contributed by atoms with E-state index in [2.05, 4.69) is 24.3 Å². The third-order valence-electron chi connectivity index (χ3n) is 4.67. The largest absolute Gasteiger partial charge is 0.450 e. The van der Waals surface area contributed by atoms with Gasteiger partial charge in [0.1, 0.15) is 0 Å². The number of nitrogens with zero attached hydrogens (tertiary/aromatic N) is 2. The van der Waals surface area contributed by atoms with Crippen molar-refractivity contribution in [1.29, 1.82) is 0 Å². The van der Waals surface area contributed by atoms with E-state index in [-0.39, 0.29) is 12.0 Å². The molecule has 0 atom stereocenters. The minimum absolute atomic E-state index is 0.0204. The first-order valence-electron chi connectivity index (χ1n) is 9.59. The number of piperazine rings is 1. The molecule has 2 aromatic rings. The van der Waals surface area contributed by atoms with Gasteiger partial charge in [-0.15, -0.1) is 0 Å². The van der Waals surface area contributed by atoms with Gasteiger partial charge in [-0.05, 0) is 30.2 Å². The average Bonchev–Trinajstić information content (AvgIpc) is 2.75. The van der Waals surface area contributed by atoms with Crippen LogP contribution < -0.4 is 0 Å². The van der Waals surface area contributed by atoms with Gasteiger partial charge in [-0.3, -0.25) is 4.79 Å². The Morgan fingerprint density at radius 1 is 0.857 bits per heavy atom. The zero-order chi connectivity index (χ0) is 19.8. The number of hydrogen-bond donors (Lipinski definition) is 0. The molecular formula is C22H26N2O3S. The molecule has 5 nitrogen and oxygen atoms in total. The van der Waals surface area contributed by atoms with E-state index < -0.39 is 0 Å². The first-order chi connectivity index (χ1) is 13.7. The molecule has 0 radical (unpaired) electrons. The molecule has 0 saturated carbocycles. The molecule has 28 heavy (non-hydrogen) atoms. The summed E-state index contributed by atoms with van der Waals surface area (Å²) in [4.78, 5) is 27.9. The molecule has 1 aliphatic rings. The number of benzene rings is 2. The Morgan fingerprint density at radius 2 is 1.43 bits per heavy atom. The third kappa shape index (κ3) is 5.52. The highest BCUT2D eigenvalue weighted by Crippen LogP contribution is 2.19. The lowest BCUT2D eigenvalue weighted by Crippen LogP contribution is -2.50. The van der Waals surface area contributed by atoms with Gasteiger partial charge in [0.25, 0.3) is 5.91 Å². The maximum Gasteiger partial charge on any atom is 0.409 e. The second kappa shape index (κ2) is 10.2. The lowest BCUT2D eigenvalue weighted by atomic mass is 10.1. The van der Waals surface area contributed by atoms with E-state index in [0.717, 1.165) is 11.5 Å². The molecule has 2 amide bonds. The van der Waals surface area contributed by atoms with Gasteiger partial charge < -0.3 is 14.5 Å². The Morgan fingerprint density at radius 3 is 2.04 bits per heavy atom. The topological polar surface area (TPSA) is 49.9 Å². The van der Waals surface area contributed by atoms with Crippen molar-refractivity contribution in [2.24, 2.45) is 0 Å². The monoisotopic (exact) mass is 398 g/mol. The van der Waals surface area contributed by atoms with Crippen LogP contribution in [0.3, 0.4) is 0 Å². The first-order valence-corrected chi connectivity index (χ1v) is 10.7. The maximum atomic E-state index is 12.7. The normalized spacial score (nSPS) is 14.0. The Bertz CT molecular complexity index is 772. The van der Waals surface area contributed by atoms with Crippen molar-refractivity contribution in [3.63, 3.8) is 0 Å². The van der Waals surface area contributed by atoms with Crippen molar-refractivity contribution in [3.05, 3.63) is 71.3 Å². The minimum atomic E-state index is -0.299. The Balaban J connectivity index is 1.47. The second-order valence-electron chi connectivity index (χ2n) is 6.65. The van der Waals surface area contributed by atoms with Crippen molar-refractivity contribution >= 4 is 23.8 Å². The van der Waals surface area contributed by atoms with Crippen molar-refractivity contribution < 1.29 is 14.3 Å². The Hall–Kier alpha value is -2.47. The molecule has 1 fully saturated rings. The van der Waals surface area contributed by atoms with Gasteiger partial charge in [0, 0.05) is 43.2 Å². The summed E-state index contributed by atoms with van der Waals surface area (Å²) in [6.07, 6.45) is -0.299. The molecule has 0 aromatic heterocycles. The number of amides is 2. The zero-order valence-corrected chi connectivity index (χ0v) is 17.0. The predicted octanol–water partition coefficient (Wildman–Crippen LogP) is 4.03. The van der Waals surface area contributed by atoms with Gasteiger partial charge in [-0.25, -0.2) is 4.79 Å². The molecule has 2 aromatic carbocycles. The first kappa shape index (κ1) is 20.3. The van der Waals surface area contributed by atoms with E-state index in [1.807, 2.05) is 42.1 Å². The van der Waals surface area contributed by atoms with E-state index in [0.29, 0.717) is 38.3 Å². The van der Waals surface area contributed by atoms with Crippen LogP contribution in [0.15, 0.2) is 54.6 Å². The third-order valence-corrected chi connectivity index (χ3v) is 5.75. The molecular weight excluding hydrogens is 372 g/mol. The van der Waals surface area contributed by atoms with Crippen LogP contribution in [-0.4, -0.2) is 54.6 Å². The van der Waals surface area contributed by atoms with Crippen LogP contribution in [-0.2, 0) is 16.2 Å². The lowest BCUT2D eigenvalue weighted by Gasteiger charge is -2.34. The van der Waals surface area contributed by atoms with Crippen LogP contribution in [0.5, 0.6) is 0 Å². The summed E-state index contributed by atoms with van der Waals surface area (Å²) < 4.78 is 5.02. The van der Waals surface area contributed by atoms with Crippen LogP contribution >= 0.6 is 11.8 Å². The van der Waals surface area contributed by atoms with E-state index in [4.69, 9.17) is 4.74 Å². The van der Waals surface area contributed by atoms with Gasteiger partial charge >= 0.3 is 6.09 Å². The van der Waals surface area contributed by atoms with Crippen molar-refractivity contribution in [2.45, 2.75) is 18.4 Å². The summed E-state index contributed by atoms with van der Waals surface area (Å²) in [6, 6.07) is 18.3. The molecule has 6 heteroatoms. The number of ether oxygens (including phenoxy) is 1. The minimum Gasteiger partial charge on any atom is -0.450 e. The number of rotatable bonds is 6. The quantitative estimate of drug-likeness (QED) is 0.737. The fourth-order valence-corrected chi connectivity index (χ4v) is 4.05. The number of hydrogen-bond acceptors (Lipinski definition) is 4. The highest BCUT2D eigenvalue weighted by atomic mass is 32.2. The standard InChI is InChI=1S/C22H26N2O3S/c1-2-27-22(26)24-14-12-23(13-15-24)21(25)20-10-8-19(9-11-20)17-28-16-18-6-4-3-5-7-18/h3-11H,2,12-17H2,1H3. The van der Waals surface area contributed by atoms with Crippen LogP contribution in [0.2, 0.25) is 0 Å². The van der Waals surface area contributed by atoms with Crippen LogP contribution in [0.1, 0.15) is 28.4 Å². The van der Waals surface area contributed by atoms with Crippen molar-refractivity contribution in [3.8, 4) is 0 Å². The molecule has 0 aliphatic carbocycles. The van der Waals surface area contributed by atoms with Crippen LogP contribution in [0, 0.1) is 0 Å². The van der Waals surface area contributed by atoms with Gasteiger partial charge in [-0.2, -0.15) is 11.8 Å². The highest BCUT2D eigenvalue weighted by Gasteiger charge is 2.25. The van der Waals surface area contributed by atoms with Crippen LogP contribution in [0.25, 0.3) is 0 Å². The van der Waals surface area contributed by atoms with Gasteiger partial charge in [0.2, 0.25) is 0 Å². The summed E-state index contributed by atoms with van der Waals surface area (Å²) in [7, 11) is 0. The zero-order valence-electron chi connectivity index (χ0n) is 16.2. The fraction of sp³-hybridized carbons (Fsp3) is 0.364. The van der Waals surface area contributed by atoms with Gasteiger partial charge in [0.05, 0.1) is 6.61 Å². The number of thioether (sulfide) groups is 1. The van der Waals surface area contributed by atoms with Gasteiger partial charge in [-0.1, -0.05) is 42.5 Å². The molecule has 148 valence electrons. The molecule has 0 N–H and O–H groups in total. The number of carbonyl (C=O) groups excluding carboxylic acids is 2. The average molecular weight is 399 g/mol. The SMILES string of the molecule is CCOC(=O)N1CCN(C(=O)c2ccc(CSCc3ccccc3)cc2)CC1. The molecule has 0 spiro atoms. The van der Waals surface area contributed by atoms with Crippen LogP contribution in [0.4, 0.5) is 4.79 Å². The second-order valence-corrected chi connectivity index (χ2v) is 7.64. The predicted molar refractivity (Wildman–Crippen MR) is 112 cm³/mol. The van der Waals surface area contributed by atoms with E-state index in [9.17, 15) is 9.59 Å². The summed E-state index contributed by atoms with van der Waals surface area (Å²) >= 11 is 1.86. The summed E-state index contributed by atoms with van der Waals surface area (Å²) in [5.41, 5.74) is 3.23. The number of carbonyl (C=O) groups is 2. The molecule has 3 rings (SSSR count). The summed E-state index contributed by atoms with van der Waals surface area (Å²) in [5.74, 6) is 1.92. The highest BCUT2D eigenvalue weighted by molar-refractivity contribution is 7.97. The van der Waals surface area contributed by atoms with E-state index in [1.54, 1.807) is 16.7 Å². The Kier molecular flexibility index (Phi) is 7.37. The summed E-state index contributed by atoms with van der Waals surface area (Å²) in [6.45, 7) is 4.26. The van der Waals surface area contributed by atoms with Crippen molar-refractivity contribution in [1.82, 2.24) is 9.80 Å². The fourth-order valence-electron chi connectivity index (χ4n) is 3.09. The van der Waals surface area contributed by atoms with E-state index in [1.165, 1.54) is 11.1 Å². The maximum absolute atomic E-state index is 12.7. The van der Waals surface area contributed by atoms with Gasteiger partial charge in [0.15, 0.2) is 0 Å². The summed E-state index contributed by atoms with van der Waals surface area (Å²) in [5, 5.41) is 0. The molecule has 1 saturated heterocycles. The Labute approximate surface area is 170 Å². The molecule has 0 unspecified atom stereocenters. The smallest absolute Gasteiger partial charge is 0.409 e. The lowest BCUT2D eigenvalue weighted by molar-refractivity contribution is 0.0570. The van der Waals surface area contributed by atoms with Crippen molar-refractivity contribution in [2.75, 3.05) is 32.8 Å². The molecule has 1 aliphatic heterocycles. The molecule has 0 bridgehead atoms.